The zero-order valence-electron chi connectivity index (χ0n) is 29.7. The summed E-state index contributed by atoms with van der Waals surface area (Å²) >= 11 is 0. The third-order valence-corrected chi connectivity index (χ3v) is 8.23. The number of carboxylic acids is 1. The van der Waals surface area contributed by atoms with E-state index in [-0.39, 0.29) is 38.5 Å². The zero-order chi connectivity index (χ0) is 35.1. The van der Waals surface area contributed by atoms with Crippen molar-refractivity contribution in [3.05, 3.63) is 0 Å². The Hall–Kier alpha value is -1.75. The summed E-state index contributed by atoms with van der Waals surface area (Å²) in [6, 6.07) is 0. The molecule has 0 rings (SSSR count). The monoisotopic (exact) mass is 660 g/mol. The first-order chi connectivity index (χ1) is 21.6. The Labute approximate surface area is 278 Å². The van der Waals surface area contributed by atoms with Crippen molar-refractivity contribution < 1.29 is 49.4 Å². The highest BCUT2D eigenvalue weighted by atomic mass is 16.6. The topological polar surface area (TPSA) is 171 Å². The van der Waals surface area contributed by atoms with Crippen LogP contribution < -0.4 is 0 Å². The maximum Gasteiger partial charge on any atom is 0.308 e. The SMILES string of the molecule is CC(C)CCC[C@@H](O)CC[C@H](O)CC(=O)O[C@H](CCCC(C)C)CC[C@@H](CC(=O)O)OC(=O)C[C@@H](O)CC[C@H](O)CCCC(C)C. The van der Waals surface area contributed by atoms with E-state index in [0.717, 1.165) is 38.5 Å². The van der Waals surface area contributed by atoms with E-state index >= 15 is 0 Å². The van der Waals surface area contributed by atoms with Gasteiger partial charge in [0.1, 0.15) is 12.2 Å². The molecule has 46 heavy (non-hydrogen) atoms. The summed E-state index contributed by atoms with van der Waals surface area (Å²) in [6.07, 6.45) is 3.75. The van der Waals surface area contributed by atoms with Gasteiger partial charge in [0.25, 0.3) is 0 Å². The predicted octanol–water partition coefficient (Wildman–Crippen LogP) is 6.33. The average Bonchev–Trinajstić information content (AvgIpc) is 2.92. The largest absolute Gasteiger partial charge is 0.481 e. The van der Waals surface area contributed by atoms with Crippen molar-refractivity contribution in [3.63, 3.8) is 0 Å². The molecule has 0 unspecified atom stereocenters. The minimum absolute atomic E-state index is 0.160. The molecule has 10 nitrogen and oxygen atoms in total. The number of aliphatic carboxylic acids is 1. The van der Waals surface area contributed by atoms with E-state index in [4.69, 9.17) is 9.47 Å². The van der Waals surface area contributed by atoms with Gasteiger partial charge in [0.15, 0.2) is 0 Å². The highest BCUT2D eigenvalue weighted by molar-refractivity contribution is 5.72. The molecule has 0 amide bonds. The summed E-state index contributed by atoms with van der Waals surface area (Å²) in [5, 5.41) is 50.5. The molecule has 0 radical (unpaired) electrons. The van der Waals surface area contributed by atoms with Crippen LogP contribution in [0.1, 0.15) is 157 Å². The number of hydrogen-bond donors (Lipinski definition) is 5. The maximum absolute atomic E-state index is 12.7. The first-order valence-electron chi connectivity index (χ1n) is 17.9. The second-order valence-electron chi connectivity index (χ2n) is 14.6. The predicted molar refractivity (Wildman–Crippen MR) is 179 cm³/mol. The Bertz CT molecular complexity index is 800. The lowest BCUT2D eigenvalue weighted by molar-refractivity contribution is -0.158. The van der Waals surface area contributed by atoms with Crippen LogP contribution in [0.25, 0.3) is 0 Å². The van der Waals surface area contributed by atoms with E-state index in [1.54, 1.807) is 0 Å². The van der Waals surface area contributed by atoms with Crippen LogP contribution in [0.2, 0.25) is 0 Å². The Balaban J connectivity index is 4.92. The molecule has 272 valence electrons. The van der Waals surface area contributed by atoms with E-state index in [9.17, 15) is 39.9 Å². The lowest BCUT2D eigenvalue weighted by atomic mass is 9.99. The molecule has 5 N–H and O–H groups in total. The fourth-order valence-corrected chi connectivity index (χ4v) is 5.42. The van der Waals surface area contributed by atoms with Crippen molar-refractivity contribution in [2.75, 3.05) is 0 Å². The molecule has 0 aromatic carbocycles. The van der Waals surface area contributed by atoms with E-state index < -0.39 is 61.0 Å². The van der Waals surface area contributed by atoms with Crippen molar-refractivity contribution in [2.24, 2.45) is 17.8 Å². The number of carboxylic acid groups (broad SMARTS) is 1. The first-order valence-corrected chi connectivity index (χ1v) is 17.9. The molecule has 0 aliphatic rings. The molecule has 0 heterocycles. The molecule has 6 atom stereocenters. The van der Waals surface area contributed by atoms with Crippen LogP contribution in [0.4, 0.5) is 0 Å². The van der Waals surface area contributed by atoms with E-state index in [1.807, 2.05) is 0 Å². The molecule has 0 aliphatic heterocycles. The Morgan fingerprint density at radius 2 is 0.783 bits per heavy atom. The fraction of sp³-hybridized carbons (Fsp3) is 0.917. The van der Waals surface area contributed by atoms with E-state index in [1.165, 1.54) is 0 Å². The van der Waals surface area contributed by atoms with Gasteiger partial charge >= 0.3 is 17.9 Å². The summed E-state index contributed by atoms with van der Waals surface area (Å²) < 4.78 is 11.1. The third kappa shape index (κ3) is 27.4. The quantitative estimate of drug-likeness (QED) is 0.0571. The first kappa shape index (κ1) is 44.2. The molecule has 0 bridgehead atoms. The van der Waals surface area contributed by atoms with Gasteiger partial charge in [0.2, 0.25) is 0 Å². The molecule has 0 aromatic heterocycles. The number of esters is 2. The second kappa shape index (κ2) is 26.2. The van der Waals surface area contributed by atoms with Gasteiger partial charge in [0, 0.05) is 0 Å². The second-order valence-corrected chi connectivity index (χ2v) is 14.6. The third-order valence-electron chi connectivity index (χ3n) is 8.23. The van der Waals surface area contributed by atoms with Gasteiger partial charge < -0.3 is 35.0 Å². The van der Waals surface area contributed by atoms with Crippen molar-refractivity contribution in [1.29, 1.82) is 0 Å². The van der Waals surface area contributed by atoms with Crippen molar-refractivity contribution >= 4 is 17.9 Å². The van der Waals surface area contributed by atoms with Crippen molar-refractivity contribution in [1.82, 2.24) is 0 Å². The van der Waals surface area contributed by atoms with E-state index in [2.05, 4.69) is 41.5 Å². The summed E-state index contributed by atoms with van der Waals surface area (Å²) in [4.78, 5) is 36.8. The van der Waals surface area contributed by atoms with Crippen LogP contribution in [0.3, 0.4) is 0 Å². The highest BCUT2D eigenvalue weighted by Gasteiger charge is 2.24. The molecule has 0 aromatic rings. The highest BCUT2D eigenvalue weighted by Crippen LogP contribution is 2.21. The number of carbonyl (C=O) groups is 3. The summed E-state index contributed by atoms with van der Waals surface area (Å²) in [5.74, 6) is -0.820. The fourth-order valence-electron chi connectivity index (χ4n) is 5.42. The standard InChI is InChI=1S/C36H68O10/c1-25(2)10-7-13-28(37)16-18-30(39)22-35(43)45-32(15-9-12-27(5)6)20-21-33(24-34(41)42)46-36(44)23-31(40)19-17-29(38)14-8-11-26(3)4/h25-33,37-40H,7-24H2,1-6H3,(H,41,42)/t28-,29-,30+,31+,32-,33+/m1/s1. The minimum Gasteiger partial charge on any atom is -0.481 e. The van der Waals surface area contributed by atoms with Gasteiger partial charge in [0.05, 0.1) is 43.7 Å². The normalized spacial score (nSPS) is 15.8. The van der Waals surface area contributed by atoms with Gasteiger partial charge in [-0.3, -0.25) is 14.4 Å². The van der Waals surface area contributed by atoms with Crippen LogP contribution in [-0.2, 0) is 23.9 Å². The lowest BCUT2D eigenvalue weighted by Crippen LogP contribution is -2.28. The Kier molecular flexibility index (Phi) is 25.2. The number of carbonyl (C=O) groups excluding carboxylic acids is 2. The van der Waals surface area contributed by atoms with Crippen LogP contribution in [0, 0.1) is 17.8 Å². The number of hydrogen-bond acceptors (Lipinski definition) is 9. The van der Waals surface area contributed by atoms with Gasteiger partial charge in [-0.25, -0.2) is 0 Å². The van der Waals surface area contributed by atoms with Crippen molar-refractivity contribution in [3.8, 4) is 0 Å². The molecular weight excluding hydrogens is 592 g/mol. The van der Waals surface area contributed by atoms with Crippen LogP contribution in [-0.4, -0.2) is 80.1 Å². The van der Waals surface area contributed by atoms with Gasteiger partial charge in [-0.15, -0.1) is 0 Å². The minimum atomic E-state index is -1.13. The average molecular weight is 661 g/mol. The molecule has 0 saturated carbocycles. The summed E-state index contributed by atoms with van der Waals surface area (Å²) in [7, 11) is 0. The zero-order valence-corrected chi connectivity index (χ0v) is 29.7. The smallest absolute Gasteiger partial charge is 0.308 e. The number of ether oxygens (including phenoxy) is 2. The Morgan fingerprint density at radius 1 is 0.435 bits per heavy atom. The van der Waals surface area contributed by atoms with Gasteiger partial charge in [-0.1, -0.05) is 73.6 Å². The van der Waals surface area contributed by atoms with Crippen molar-refractivity contribution in [2.45, 2.75) is 194 Å². The van der Waals surface area contributed by atoms with Crippen LogP contribution in [0.5, 0.6) is 0 Å². The van der Waals surface area contributed by atoms with Crippen LogP contribution >= 0.6 is 0 Å². The van der Waals surface area contributed by atoms with Gasteiger partial charge in [-0.2, -0.15) is 0 Å². The summed E-state index contributed by atoms with van der Waals surface area (Å²) in [5.41, 5.74) is 0. The summed E-state index contributed by atoms with van der Waals surface area (Å²) in [6.45, 7) is 12.7. The van der Waals surface area contributed by atoms with E-state index in [0.29, 0.717) is 49.9 Å². The number of aliphatic hydroxyl groups is 4. The molecule has 0 spiro atoms. The molecule has 10 heteroatoms. The van der Waals surface area contributed by atoms with Crippen LogP contribution in [0.15, 0.2) is 0 Å². The number of aliphatic hydroxyl groups excluding tert-OH is 4. The maximum atomic E-state index is 12.7. The molecule has 0 saturated heterocycles. The molecular formula is C36H68O10. The Morgan fingerprint density at radius 3 is 1.17 bits per heavy atom. The number of rotatable bonds is 29. The lowest BCUT2D eigenvalue weighted by Gasteiger charge is -2.23. The molecule has 0 fully saturated rings. The van der Waals surface area contributed by atoms with Gasteiger partial charge in [-0.05, 0) is 82.0 Å². The molecule has 0 aliphatic carbocycles.